The molecule has 0 radical (unpaired) electrons. The van der Waals surface area contributed by atoms with Crippen LogP contribution >= 0.6 is 0 Å². The highest BCUT2D eigenvalue weighted by molar-refractivity contribution is 5.32. The first-order valence-electron chi connectivity index (χ1n) is 11.9. The second-order valence-corrected chi connectivity index (χ2v) is 9.32. The quantitative estimate of drug-likeness (QED) is 0.610. The van der Waals surface area contributed by atoms with E-state index >= 15 is 0 Å². The SMILES string of the molecule is OC1(C(CN2CCNCC2)c2ccc(OCc3ccc(C(F)(F)F)cc3)cc2)CCCCC1. The maximum absolute atomic E-state index is 12.7. The van der Waals surface area contributed by atoms with Crippen molar-refractivity contribution in [2.45, 2.75) is 56.4 Å². The molecule has 0 aromatic heterocycles. The van der Waals surface area contributed by atoms with E-state index < -0.39 is 17.3 Å². The number of hydrogen-bond acceptors (Lipinski definition) is 4. The summed E-state index contributed by atoms with van der Waals surface area (Å²) < 4.78 is 44.0. The van der Waals surface area contributed by atoms with Gasteiger partial charge in [-0.15, -0.1) is 0 Å². The highest BCUT2D eigenvalue weighted by Crippen LogP contribution is 2.41. The fourth-order valence-electron chi connectivity index (χ4n) is 5.00. The molecule has 7 heteroatoms. The molecule has 2 aromatic carbocycles. The Labute approximate surface area is 193 Å². The van der Waals surface area contributed by atoms with E-state index in [4.69, 9.17) is 4.74 Å². The minimum absolute atomic E-state index is 0.0415. The zero-order valence-corrected chi connectivity index (χ0v) is 18.9. The van der Waals surface area contributed by atoms with Gasteiger partial charge in [0.15, 0.2) is 0 Å². The van der Waals surface area contributed by atoms with Crippen molar-refractivity contribution in [2.24, 2.45) is 0 Å². The molecule has 2 aromatic rings. The molecule has 4 nitrogen and oxygen atoms in total. The highest BCUT2D eigenvalue weighted by Gasteiger charge is 2.39. The molecule has 2 aliphatic rings. The van der Waals surface area contributed by atoms with Gasteiger partial charge in [0.1, 0.15) is 12.4 Å². The van der Waals surface area contributed by atoms with E-state index in [0.29, 0.717) is 11.3 Å². The van der Waals surface area contributed by atoms with Gasteiger partial charge in [-0.2, -0.15) is 13.2 Å². The maximum Gasteiger partial charge on any atom is 0.416 e. The topological polar surface area (TPSA) is 44.7 Å². The molecule has 1 heterocycles. The van der Waals surface area contributed by atoms with Crippen LogP contribution in [-0.4, -0.2) is 48.3 Å². The standard InChI is InChI=1S/C26H33F3N2O2/c27-26(28,29)22-8-4-20(5-9-22)19-33-23-10-6-21(7-11-23)24(18-31-16-14-30-15-17-31)25(32)12-2-1-3-13-25/h4-11,24,30,32H,1-3,12-19H2. The molecule has 0 spiro atoms. The van der Waals surface area contributed by atoms with Gasteiger partial charge in [0, 0.05) is 38.6 Å². The van der Waals surface area contributed by atoms with Crippen molar-refractivity contribution in [3.8, 4) is 5.75 Å². The fraction of sp³-hybridized carbons (Fsp3) is 0.538. The lowest BCUT2D eigenvalue weighted by molar-refractivity contribution is -0.137. The van der Waals surface area contributed by atoms with Gasteiger partial charge in [0.25, 0.3) is 0 Å². The number of alkyl halides is 3. The molecule has 1 saturated carbocycles. The van der Waals surface area contributed by atoms with Crippen LogP contribution < -0.4 is 10.1 Å². The van der Waals surface area contributed by atoms with Crippen LogP contribution in [0.2, 0.25) is 0 Å². The average Bonchev–Trinajstić information content (AvgIpc) is 2.82. The number of rotatable bonds is 7. The second kappa shape index (κ2) is 10.5. The second-order valence-electron chi connectivity index (χ2n) is 9.32. The minimum Gasteiger partial charge on any atom is -0.489 e. The van der Waals surface area contributed by atoms with Gasteiger partial charge in [-0.1, -0.05) is 43.5 Å². The smallest absolute Gasteiger partial charge is 0.416 e. The van der Waals surface area contributed by atoms with E-state index in [1.807, 2.05) is 24.3 Å². The van der Waals surface area contributed by atoms with Crippen molar-refractivity contribution in [2.75, 3.05) is 32.7 Å². The van der Waals surface area contributed by atoms with Crippen LogP contribution in [0.4, 0.5) is 13.2 Å². The Kier molecular flexibility index (Phi) is 7.62. The largest absolute Gasteiger partial charge is 0.489 e. The molecule has 1 aliphatic carbocycles. The summed E-state index contributed by atoms with van der Waals surface area (Å²) in [6, 6.07) is 12.9. The first-order chi connectivity index (χ1) is 15.8. The Morgan fingerprint density at radius 2 is 1.58 bits per heavy atom. The molecule has 0 bridgehead atoms. The van der Waals surface area contributed by atoms with Gasteiger partial charge >= 0.3 is 6.18 Å². The lowest BCUT2D eigenvalue weighted by atomic mass is 9.72. The van der Waals surface area contributed by atoms with Gasteiger partial charge in [0.05, 0.1) is 11.2 Å². The van der Waals surface area contributed by atoms with E-state index in [2.05, 4.69) is 10.2 Å². The molecule has 1 saturated heterocycles. The maximum atomic E-state index is 12.7. The van der Waals surface area contributed by atoms with E-state index in [1.165, 1.54) is 18.6 Å². The normalized spacial score (nSPS) is 20.4. The monoisotopic (exact) mass is 462 g/mol. The Bertz CT molecular complexity index is 872. The van der Waals surface area contributed by atoms with E-state index in [1.54, 1.807) is 0 Å². The number of nitrogens with zero attached hydrogens (tertiary/aromatic N) is 1. The molecule has 33 heavy (non-hydrogen) atoms. The molecular weight excluding hydrogens is 429 g/mol. The first kappa shape index (κ1) is 24.0. The van der Waals surface area contributed by atoms with Crippen LogP contribution in [0.25, 0.3) is 0 Å². The number of ether oxygens (including phenoxy) is 1. The summed E-state index contributed by atoms with van der Waals surface area (Å²) in [6.07, 6.45) is 0.621. The highest BCUT2D eigenvalue weighted by atomic mass is 19.4. The third-order valence-corrected chi connectivity index (χ3v) is 6.99. The van der Waals surface area contributed by atoms with Crippen molar-refractivity contribution >= 4 is 0 Å². The minimum atomic E-state index is -4.33. The Balaban J connectivity index is 1.43. The predicted octanol–water partition coefficient (Wildman–Crippen LogP) is 4.97. The molecule has 1 aliphatic heterocycles. The zero-order chi connectivity index (χ0) is 23.3. The summed E-state index contributed by atoms with van der Waals surface area (Å²) >= 11 is 0. The lowest BCUT2D eigenvalue weighted by Crippen LogP contribution is -2.49. The van der Waals surface area contributed by atoms with Crippen molar-refractivity contribution in [1.82, 2.24) is 10.2 Å². The zero-order valence-electron chi connectivity index (χ0n) is 18.9. The van der Waals surface area contributed by atoms with E-state index in [0.717, 1.165) is 76.1 Å². The summed E-state index contributed by atoms with van der Waals surface area (Å²) in [6.45, 7) is 4.96. The first-order valence-corrected chi connectivity index (χ1v) is 11.9. The van der Waals surface area contributed by atoms with Crippen LogP contribution in [0.5, 0.6) is 5.75 Å². The Hall–Kier alpha value is -2.09. The van der Waals surface area contributed by atoms with Gasteiger partial charge in [-0.05, 0) is 48.2 Å². The van der Waals surface area contributed by atoms with Crippen molar-refractivity contribution in [1.29, 1.82) is 0 Å². The lowest BCUT2D eigenvalue weighted by Gasteiger charge is -2.42. The number of aliphatic hydroxyl groups is 1. The van der Waals surface area contributed by atoms with Gasteiger partial charge in [-0.3, -0.25) is 0 Å². The Morgan fingerprint density at radius 1 is 0.939 bits per heavy atom. The number of nitrogens with one attached hydrogen (secondary N) is 1. The van der Waals surface area contributed by atoms with Crippen LogP contribution in [-0.2, 0) is 12.8 Å². The summed E-state index contributed by atoms with van der Waals surface area (Å²) in [4.78, 5) is 2.43. The number of halogens is 3. The van der Waals surface area contributed by atoms with Crippen LogP contribution in [0, 0.1) is 0 Å². The third kappa shape index (κ3) is 6.28. The van der Waals surface area contributed by atoms with E-state index in [9.17, 15) is 18.3 Å². The number of hydrogen-bond donors (Lipinski definition) is 2. The molecule has 2 fully saturated rings. The number of benzene rings is 2. The predicted molar refractivity (Wildman–Crippen MR) is 122 cm³/mol. The average molecular weight is 463 g/mol. The van der Waals surface area contributed by atoms with Crippen LogP contribution in [0.15, 0.2) is 48.5 Å². The van der Waals surface area contributed by atoms with Gasteiger partial charge < -0.3 is 20.1 Å². The summed E-state index contributed by atoms with van der Waals surface area (Å²) in [5, 5.41) is 14.9. The van der Waals surface area contributed by atoms with Crippen molar-refractivity contribution in [3.05, 3.63) is 65.2 Å². The van der Waals surface area contributed by atoms with Crippen molar-refractivity contribution in [3.63, 3.8) is 0 Å². The third-order valence-electron chi connectivity index (χ3n) is 6.99. The van der Waals surface area contributed by atoms with Crippen LogP contribution in [0.1, 0.15) is 54.7 Å². The summed E-state index contributed by atoms with van der Waals surface area (Å²) in [5.41, 5.74) is 0.443. The molecule has 4 rings (SSSR count). The number of piperazine rings is 1. The summed E-state index contributed by atoms with van der Waals surface area (Å²) in [7, 11) is 0. The van der Waals surface area contributed by atoms with Crippen molar-refractivity contribution < 1.29 is 23.0 Å². The Morgan fingerprint density at radius 3 is 2.18 bits per heavy atom. The molecule has 2 N–H and O–H groups in total. The van der Waals surface area contributed by atoms with Crippen LogP contribution in [0.3, 0.4) is 0 Å². The molecule has 180 valence electrons. The van der Waals surface area contributed by atoms with Gasteiger partial charge in [-0.25, -0.2) is 0 Å². The molecular formula is C26H33F3N2O2. The summed E-state index contributed by atoms with van der Waals surface area (Å²) in [5.74, 6) is 0.704. The van der Waals surface area contributed by atoms with E-state index in [-0.39, 0.29) is 12.5 Å². The molecule has 1 unspecified atom stereocenters. The molecule has 1 atom stereocenters. The van der Waals surface area contributed by atoms with Gasteiger partial charge in [0.2, 0.25) is 0 Å². The fourth-order valence-corrected chi connectivity index (χ4v) is 5.00. The molecule has 0 amide bonds.